The summed E-state index contributed by atoms with van der Waals surface area (Å²) in [5.41, 5.74) is 4.30. The van der Waals surface area contributed by atoms with Gasteiger partial charge >= 0.3 is 0 Å². The molecule has 0 saturated heterocycles. The molecule has 0 aliphatic rings. The van der Waals surface area contributed by atoms with Crippen molar-refractivity contribution < 1.29 is 9.53 Å². The second-order valence-electron chi connectivity index (χ2n) is 7.21. The van der Waals surface area contributed by atoms with Gasteiger partial charge in [0.25, 0.3) is 5.91 Å². The van der Waals surface area contributed by atoms with E-state index in [2.05, 4.69) is 12.2 Å². The van der Waals surface area contributed by atoms with Crippen molar-refractivity contribution in [3.05, 3.63) is 102 Å². The Bertz CT molecular complexity index is 1140. The molecule has 0 radical (unpaired) electrons. The van der Waals surface area contributed by atoms with Crippen LogP contribution in [0.3, 0.4) is 0 Å². The van der Waals surface area contributed by atoms with Crippen LogP contribution in [0.5, 0.6) is 5.75 Å². The van der Waals surface area contributed by atoms with Gasteiger partial charge in [-0.05, 0) is 42.8 Å². The summed E-state index contributed by atoms with van der Waals surface area (Å²) in [4.78, 5) is 12.6. The topological polar surface area (TPSA) is 56.1 Å². The number of amides is 1. The lowest BCUT2D eigenvalue weighted by molar-refractivity contribution is 0.0951. The molecule has 0 spiro atoms. The van der Waals surface area contributed by atoms with Gasteiger partial charge in [0.05, 0.1) is 18.0 Å². The highest BCUT2D eigenvalue weighted by Crippen LogP contribution is 2.27. The van der Waals surface area contributed by atoms with Crippen molar-refractivity contribution in [2.45, 2.75) is 19.9 Å². The highest BCUT2D eigenvalue weighted by Gasteiger charge is 2.14. The standard InChI is InChI=1S/C26H25N3O2/c1-2-16-31-24-15-9-12-21(17-24)25-22(18-27-26(30)20-10-5-3-6-11-20)19-29(28-25)23-13-7-4-8-14-23/h3-15,17,19H,2,16,18H2,1H3,(H,27,30). The Morgan fingerprint density at radius 2 is 1.71 bits per heavy atom. The summed E-state index contributed by atoms with van der Waals surface area (Å²) < 4.78 is 7.65. The smallest absolute Gasteiger partial charge is 0.251 e. The fraction of sp³-hybridized carbons (Fsp3) is 0.154. The van der Waals surface area contributed by atoms with Crippen LogP contribution in [0.1, 0.15) is 29.3 Å². The van der Waals surface area contributed by atoms with E-state index in [0.717, 1.165) is 34.7 Å². The summed E-state index contributed by atoms with van der Waals surface area (Å²) in [5.74, 6) is 0.701. The van der Waals surface area contributed by atoms with Crippen LogP contribution in [0.15, 0.2) is 91.1 Å². The number of hydrogen-bond donors (Lipinski definition) is 1. The molecular formula is C26H25N3O2. The zero-order valence-electron chi connectivity index (χ0n) is 17.5. The lowest BCUT2D eigenvalue weighted by Crippen LogP contribution is -2.22. The van der Waals surface area contributed by atoms with Crippen LogP contribution in [0.2, 0.25) is 0 Å². The number of nitrogens with zero attached hydrogens (tertiary/aromatic N) is 2. The summed E-state index contributed by atoms with van der Waals surface area (Å²) in [6.45, 7) is 3.12. The molecule has 31 heavy (non-hydrogen) atoms. The molecule has 4 rings (SSSR count). The summed E-state index contributed by atoms with van der Waals surface area (Å²) in [5, 5.41) is 7.85. The van der Waals surface area contributed by atoms with Crippen LogP contribution < -0.4 is 10.1 Å². The van der Waals surface area contributed by atoms with Gasteiger partial charge in [0, 0.05) is 29.4 Å². The second-order valence-corrected chi connectivity index (χ2v) is 7.21. The van der Waals surface area contributed by atoms with Crippen LogP contribution in [0.4, 0.5) is 0 Å². The average Bonchev–Trinajstić information content (AvgIpc) is 3.27. The van der Waals surface area contributed by atoms with E-state index in [4.69, 9.17) is 9.84 Å². The maximum Gasteiger partial charge on any atom is 0.251 e. The van der Waals surface area contributed by atoms with Crippen molar-refractivity contribution in [1.82, 2.24) is 15.1 Å². The van der Waals surface area contributed by atoms with Gasteiger partial charge in [-0.1, -0.05) is 55.5 Å². The van der Waals surface area contributed by atoms with Gasteiger partial charge in [0.15, 0.2) is 0 Å². The van der Waals surface area contributed by atoms with E-state index in [1.165, 1.54) is 0 Å². The number of rotatable bonds is 8. The predicted molar refractivity (Wildman–Crippen MR) is 122 cm³/mol. The van der Waals surface area contributed by atoms with Gasteiger partial charge in [0.2, 0.25) is 0 Å². The summed E-state index contributed by atoms with van der Waals surface area (Å²) >= 11 is 0. The first kappa shape index (κ1) is 20.4. The number of para-hydroxylation sites is 1. The zero-order valence-corrected chi connectivity index (χ0v) is 17.5. The number of hydrogen-bond acceptors (Lipinski definition) is 3. The Morgan fingerprint density at radius 1 is 0.968 bits per heavy atom. The second kappa shape index (κ2) is 9.76. The van der Waals surface area contributed by atoms with E-state index in [0.29, 0.717) is 18.7 Å². The summed E-state index contributed by atoms with van der Waals surface area (Å²) in [6.07, 6.45) is 2.92. The van der Waals surface area contributed by atoms with Gasteiger partial charge in [-0.25, -0.2) is 4.68 Å². The maximum atomic E-state index is 12.6. The molecule has 3 aromatic carbocycles. The first-order valence-electron chi connectivity index (χ1n) is 10.4. The molecule has 1 N–H and O–H groups in total. The van der Waals surface area contributed by atoms with E-state index in [1.807, 2.05) is 83.7 Å². The van der Waals surface area contributed by atoms with Crippen LogP contribution in [-0.2, 0) is 6.54 Å². The molecule has 0 unspecified atom stereocenters. The quantitative estimate of drug-likeness (QED) is 0.430. The van der Waals surface area contributed by atoms with Crippen molar-refractivity contribution in [3.8, 4) is 22.7 Å². The highest BCUT2D eigenvalue weighted by atomic mass is 16.5. The minimum absolute atomic E-state index is 0.112. The molecule has 0 aliphatic carbocycles. The van der Waals surface area contributed by atoms with Gasteiger partial charge in [-0.15, -0.1) is 0 Å². The molecule has 5 nitrogen and oxygen atoms in total. The molecule has 1 aromatic heterocycles. The third-order valence-corrected chi connectivity index (χ3v) is 4.87. The Balaban J connectivity index is 1.65. The first-order valence-corrected chi connectivity index (χ1v) is 10.4. The Kier molecular flexibility index (Phi) is 6.43. The monoisotopic (exact) mass is 411 g/mol. The third kappa shape index (κ3) is 5.01. The summed E-state index contributed by atoms with van der Waals surface area (Å²) in [6, 6.07) is 27.1. The normalized spacial score (nSPS) is 10.6. The largest absolute Gasteiger partial charge is 0.494 e. The van der Waals surface area contributed by atoms with Crippen LogP contribution in [0, 0.1) is 0 Å². The Labute approximate surface area is 182 Å². The van der Waals surface area contributed by atoms with Crippen molar-refractivity contribution >= 4 is 5.91 Å². The van der Waals surface area contributed by atoms with Crippen molar-refractivity contribution in [1.29, 1.82) is 0 Å². The number of carbonyl (C=O) groups is 1. The van der Waals surface area contributed by atoms with Crippen LogP contribution >= 0.6 is 0 Å². The molecule has 5 heteroatoms. The molecule has 1 heterocycles. The van der Waals surface area contributed by atoms with Crippen LogP contribution in [0.25, 0.3) is 16.9 Å². The number of benzene rings is 3. The Morgan fingerprint density at radius 3 is 2.45 bits per heavy atom. The highest BCUT2D eigenvalue weighted by molar-refractivity contribution is 5.94. The average molecular weight is 412 g/mol. The lowest BCUT2D eigenvalue weighted by Gasteiger charge is -2.08. The molecular weight excluding hydrogens is 386 g/mol. The fourth-order valence-corrected chi connectivity index (χ4v) is 3.32. The molecule has 0 atom stereocenters. The van der Waals surface area contributed by atoms with Gasteiger partial charge < -0.3 is 10.1 Å². The third-order valence-electron chi connectivity index (χ3n) is 4.87. The first-order chi connectivity index (χ1) is 15.2. The van der Waals surface area contributed by atoms with E-state index >= 15 is 0 Å². The van der Waals surface area contributed by atoms with Gasteiger partial charge in [-0.2, -0.15) is 5.10 Å². The SMILES string of the molecule is CCCOc1cccc(-c2nn(-c3ccccc3)cc2CNC(=O)c2ccccc2)c1. The van der Waals surface area contributed by atoms with Crippen molar-refractivity contribution in [2.75, 3.05) is 6.61 Å². The molecule has 0 bridgehead atoms. The van der Waals surface area contributed by atoms with E-state index < -0.39 is 0 Å². The van der Waals surface area contributed by atoms with E-state index in [1.54, 1.807) is 12.1 Å². The number of carbonyl (C=O) groups excluding carboxylic acids is 1. The predicted octanol–water partition coefficient (Wildman–Crippen LogP) is 5.26. The Hall–Kier alpha value is -3.86. The lowest BCUT2D eigenvalue weighted by atomic mass is 10.1. The molecule has 0 fully saturated rings. The summed E-state index contributed by atoms with van der Waals surface area (Å²) in [7, 11) is 0. The molecule has 4 aromatic rings. The number of aromatic nitrogens is 2. The van der Waals surface area contributed by atoms with E-state index in [-0.39, 0.29) is 5.91 Å². The molecule has 0 saturated carbocycles. The van der Waals surface area contributed by atoms with Crippen molar-refractivity contribution in [3.63, 3.8) is 0 Å². The number of ether oxygens (including phenoxy) is 1. The van der Waals surface area contributed by atoms with E-state index in [9.17, 15) is 4.79 Å². The number of nitrogens with one attached hydrogen (secondary N) is 1. The van der Waals surface area contributed by atoms with Gasteiger partial charge in [-0.3, -0.25) is 4.79 Å². The van der Waals surface area contributed by atoms with Crippen LogP contribution in [-0.4, -0.2) is 22.3 Å². The van der Waals surface area contributed by atoms with Gasteiger partial charge in [0.1, 0.15) is 5.75 Å². The molecule has 1 amide bonds. The fourth-order valence-electron chi connectivity index (χ4n) is 3.32. The van der Waals surface area contributed by atoms with Crippen molar-refractivity contribution in [2.24, 2.45) is 0 Å². The molecule has 0 aliphatic heterocycles. The zero-order chi connectivity index (χ0) is 21.5. The minimum Gasteiger partial charge on any atom is -0.494 e. The minimum atomic E-state index is -0.112. The molecule has 156 valence electrons. The maximum absolute atomic E-state index is 12.6.